The summed E-state index contributed by atoms with van der Waals surface area (Å²) in [6.07, 6.45) is 4.90. The van der Waals surface area contributed by atoms with Crippen molar-refractivity contribution >= 4 is 41.6 Å². The fourth-order valence-electron chi connectivity index (χ4n) is 1.84. The van der Waals surface area contributed by atoms with Crippen LogP contribution in [0.3, 0.4) is 0 Å². The van der Waals surface area contributed by atoms with E-state index < -0.39 is 0 Å². The molecule has 0 amide bonds. The van der Waals surface area contributed by atoms with E-state index in [4.69, 9.17) is 35.4 Å². The fraction of sp³-hybridized carbons (Fsp3) is 0. The summed E-state index contributed by atoms with van der Waals surface area (Å²) in [5.74, 6) is 0.576. The second kappa shape index (κ2) is 6.39. The smallest absolute Gasteiger partial charge is 0.216 e. The van der Waals surface area contributed by atoms with E-state index in [0.717, 1.165) is 5.56 Å². The number of nitrogens with one attached hydrogen (secondary N) is 1. The van der Waals surface area contributed by atoms with Crippen molar-refractivity contribution in [3.05, 3.63) is 63.1 Å². The standard InChI is InChI=1S/C14H9Cl2N5S/c15-11-2-1-3-12(16)10(11)8-18-21-13(19-20-14(21)22)9-4-6-17-7-5-9/h1-8H,(H,20,22)/b18-8-. The molecular formula is C14H9Cl2N5S. The van der Waals surface area contributed by atoms with Gasteiger partial charge in [-0.1, -0.05) is 29.3 Å². The number of aromatic amines is 1. The van der Waals surface area contributed by atoms with Crippen molar-refractivity contribution in [3.8, 4) is 11.4 Å². The van der Waals surface area contributed by atoms with Crippen LogP contribution in [0.5, 0.6) is 0 Å². The van der Waals surface area contributed by atoms with E-state index in [1.54, 1.807) is 36.8 Å². The van der Waals surface area contributed by atoms with Crippen molar-refractivity contribution in [1.29, 1.82) is 0 Å². The lowest BCUT2D eigenvalue weighted by Crippen LogP contribution is -1.96. The van der Waals surface area contributed by atoms with E-state index in [2.05, 4.69) is 20.3 Å². The molecule has 5 nitrogen and oxygen atoms in total. The Kier molecular flexibility index (Phi) is 4.33. The minimum atomic E-state index is 0.367. The highest BCUT2D eigenvalue weighted by atomic mass is 35.5. The maximum Gasteiger partial charge on any atom is 0.216 e. The number of benzene rings is 1. The van der Waals surface area contributed by atoms with Gasteiger partial charge in [-0.15, -0.1) is 0 Å². The van der Waals surface area contributed by atoms with E-state index in [-0.39, 0.29) is 0 Å². The molecule has 0 aliphatic rings. The van der Waals surface area contributed by atoms with Crippen LogP contribution < -0.4 is 0 Å². The van der Waals surface area contributed by atoms with Crippen LogP contribution in [0.15, 0.2) is 47.8 Å². The maximum absolute atomic E-state index is 6.12. The monoisotopic (exact) mass is 349 g/mol. The Morgan fingerprint density at radius 1 is 1.14 bits per heavy atom. The molecule has 0 fully saturated rings. The first kappa shape index (κ1) is 14.9. The molecule has 0 saturated carbocycles. The predicted molar refractivity (Wildman–Crippen MR) is 90.1 cm³/mol. The molecule has 0 radical (unpaired) electrons. The largest absolute Gasteiger partial charge is 0.265 e. The molecule has 0 aliphatic carbocycles. The summed E-state index contributed by atoms with van der Waals surface area (Å²) in [4.78, 5) is 3.98. The Hall–Kier alpha value is -2.02. The van der Waals surface area contributed by atoms with Gasteiger partial charge in [-0.05, 0) is 36.5 Å². The maximum atomic E-state index is 6.12. The number of aromatic nitrogens is 4. The Bertz CT molecular complexity index is 865. The third-order valence-corrected chi connectivity index (χ3v) is 3.81. The van der Waals surface area contributed by atoms with Crippen molar-refractivity contribution in [2.45, 2.75) is 0 Å². The Labute approximate surface area is 141 Å². The lowest BCUT2D eigenvalue weighted by molar-refractivity contribution is 0.871. The molecule has 2 heterocycles. The first-order chi connectivity index (χ1) is 10.7. The molecule has 0 aliphatic heterocycles. The number of hydrogen-bond donors (Lipinski definition) is 1. The van der Waals surface area contributed by atoms with Gasteiger partial charge < -0.3 is 0 Å². The Morgan fingerprint density at radius 3 is 2.50 bits per heavy atom. The molecule has 0 saturated heterocycles. The minimum absolute atomic E-state index is 0.367. The van der Waals surface area contributed by atoms with Gasteiger partial charge in [-0.2, -0.15) is 14.9 Å². The third-order valence-electron chi connectivity index (χ3n) is 2.89. The van der Waals surface area contributed by atoms with Crippen molar-refractivity contribution in [2.24, 2.45) is 5.10 Å². The van der Waals surface area contributed by atoms with Gasteiger partial charge in [0.1, 0.15) is 0 Å². The summed E-state index contributed by atoms with van der Waals surface area (Å²) >= 11 is 17.5. The summed E-state index contributed by atoms with van der Waals surface area (Å²) in [5, 5.41) is 12.3. The number of pyridine rings is 1. The average molecular weight is 350 g/mol. The van der Waals surface area contributed by atoms with E-state index in [9.17, 15) is 0 Å². The highest BCUT2D eigenvalue weighted by Gasteiger charge is 2.08. The second-order valence-corrected chi connectivity index (χ2v) is 5.48. The van der Waals surface area contributed by atoms with Gasteiger partial charge in [0.05, 0.1) is 16.3 Å². The van der Waals surface area contributed by atoms with Gasteiger partial charge in [-0.3, -0.25) is 4.98 Å². The number of halogens is 2. The molecule has 0 spiro atoms. The van der Waals surface area contributed by atoms with Crippen molar-refractivity contribution in [2.75, 3.05) is 0 Å². The predicted octanol–water partition coefficient (Wildman–Crippen LogP) is 4.19. The van der Waals surface area contributed by atoms with Gasteiger partial charge in [0, 0.05) is 23.5 Å². The zero-order chi connectivity index (χ0) is 15.5. The van der Waals surface area contributed by atoms with Crippen LogP contribution in [0, 0.1) is 4.77 Å². The molecule has 0 bridgehead atoms. The van der Waals surface area contributed by atoms with E-state index in [1.807, 2.05) is 12.1 Å². The zero-order valence-electron chi connectivity index (χ0n) is 11.1. The number of rotatable bonds is 3. The van der Waals surface area contributed by atoms with Gasteiger partial charge >= 0.3 is 0 Å². The molecule has 110 valence electrons. The van der Waals surface area contributed by atoms with Crippen molar-refractivity contribution in [3.63, 3.8) is 0 Å². The first-order valence-electron chi connectivity index (χ1n) is 6.23. The fourth-order valence-corrected chi connectivity index (χ4v) is 2.51. The van der Waals surface area contributed by atoms with Gasteiger partial charge in [0.25, 0.3) is 0 Å². The van der Waals surface area contributed by atoms with Crippen LogP contribution in [0.25, 0.3) is 11.4 Å². The highest BCUT2D eigenvalue weighted by molar-refractivity contribution is 7.71. The lowest BCUT2D eigenvalue weighted by atomic mass is 10.2. The van der Waals surface area contributed by atoms with Crippen molar-refractivity contribution in [1.82, 2.24) is 19.9 Å². The van der Waals surface area contributed by atoms with Crippen molar-refractivity contribution < 1.29 is 0 Å². The highest BCUT2D eigenvalue weighted by Crippen LogP contribution is 2.23. The van der Waals surface area contributed by atoms with Crippen LogP contribution in [0.2, 0.25) is 10.0 Å². The number of nitrogens with zero attached hydrogens (tertiary/aromatic N) is 4. The van der Waals surface area contributed by atoms with E-state index in [1.165, 1.54) is 4.68 Å². The van der Waals surface area contributed by atoms with Crippen LogP contribution >= 0.6 is 35.4 Å². The van der Waals surface area contributed by atoms with Gasteiger partial charge in [0.2, 0.25) is 4.77 Å². The topological polar surface area (TPSA) is 58.9 Å². The normalized spacial score (nSPS) is 11.2. The molecular weight excluding hydrogens is 341 g/mol. The number of H-pyrrole nitrogens is 1. The summed E-state index contributed by atoms with van der Waals surface area (Å²) in [6, 6.07) is 8.90. The molecule has 3 aromatic rings. The SMILES string of the molecule is S=c1[nH]nc(-c2ccncc2)n1/N=C\c1c(Cl)cccc1Cl. The second-order valence-electron chi connectivity index (χ2n) is 4.28. The van der Waals surface area contributed by atoms with Gasteiger partial charge in [0.15, 0.2) is 5.82 Å². The summed E-state index contributed by atoms with van der Waals surface area (Å²) in [6.45, 7) is 0. The van der Waals surface area contributed by atoms with Crippen LogP contribution in [-0.2, 0) is 0 Å². The third kappa shape index (κ3) is 2.94. The Balaban J connectivity index is 2.05. The lowest BCUT2D eigenvalue weighted by Gasteiger charge is -2.02. The molecule has 22 heavy (non-hydrogen) atoms. The molecule has 2 aromatic heterocycles. The van der Waals surface area contributed by atoms with E-state index in [0.29, 0.717) is 26.2 Å². The zero-order valence-corrected chi connectivity index (χ0v) is 13.4. The van der Waals surface area contributed by atoms with Crippen LogP contribution in [0.1, 0.15) is 5.56 Å². The Morgan fingerprint density at radius 2 is 1.82 bits per heavy atom. The van der Waals surface area contributed by atoms with Crippen LogP contribution in [-0.4, -0.2) is 26.1 Å². The van der Waals surface area contributed by atoms with Crippen LogP contribution in [0.4, 0.5) is 0 Å². The van der Waals surface area contributed by atoms with Gasteiger partial charge in [-0.25, -0.2) is 5.10 Å². The molecule has 3 rings (SSSR count). The average Bonchev–Trinajstić information content (AvgIpc) is 2.89. The van der Waals surface area contributed by atoms with E-state index >= 15 is 0 Å². The summed E-state index contributed by atoms with van der Waals surface area (Å²) in [5.41, 5.74) is 1.46. The molecule has 0 unspecified atom stereocenters. The molecule has 1 N–H and O–H groups in total. The summed E-state index contributed by atoms with van der Waals surface area (Å²) in [7, 11) is 0. The quantitative estimate of drug-likeness (QED) is 0.569. The molecule has 0 atom stereocenters. The molecule has 8 heteroatoms. The first-order valence-corrected chi connectivity index (χ1v) is 7.39. The number of hydrogen-bond acceptors (Lipinski definition) is 4. The molecule has 1 aromatic carbocycles. The minimum Gasteiger partial charge on any atom is -0.265 e. The summed E-state index contributed by atoms with van der Waals surface area (Å²) < 4.78 is 1.87.